The quantitative estimate of drug-likeness (QED) is 0.667. The minimum absolute atomic E-state index is 0.0153. The maximum absolute atomic E-state index is 11.4. The first-order chi connectivity index (χ1) is 10.0. The van der Waals surface area contributed by atoms with Gasteiger partial charge in [-0.05, 0) is 31.9 Å². The molecule has 1 atom stereocenters. The fraction of sp³-hybridized carbons (Fsp3) is 0.600. The molecule has 1 aliphatic rings. The van der Waals surface area contributed by atoms with E-state index >= 15 is 0 Å². The Morgan fingerprint density at radius 3 is 2.90 bits per heavy atom. The van der Waals surface area contributed by atoms with Gasteiger partial charge in [-0.25, -0.2) is 0 Å². The first kappa shape index (κ1) is 15.6. The average molecular weight is 294 g/mol. The number of hydrogen-bond donors (Lipinski definition) is 1. The zero-order valence-electron chi connectivity index (χ0n) is 12.5. The molecule has 1 fully saturated rings. The molecule has 1 N–H and O–H groups in total. The van der Waals surface area contributed by atoms with E-state index in [4.69, 9.17) is 4.74 Å². The van der Waals surface area contributed by atoms with Crippen molar-refractivity contribution in [2.45, 2.75) is 26.7 Å². The molecule has 1 heterocycles. The third kappa shape index (κ3) is 3.26. The summed E-state index contributed by atoms with van der Waals surface area (Å²) in [5.41, 5.74) is 0.375. The summed E-state index contributed by atoms with van der Waals surface area (Å²) in [5, 5.41) is 21.0. The Bertz CT molecular complexity index is 520. The molecule has 0 radical (unpaired) electrons. The van der Waals surface area contributed by atoms with Crippen LogP contribution < -0.4 is 9.64 Å². The summed E-state index contributed by atoms with van der Waals surface area (Å²) in [6.07, 6.45) is 1.84. The zero-order valence-corrected chi connectivity index (χ0v) is 12.5. The number of piperidine rings is 1. The standard InChI is InChI=1S/C15H22N2O4/c1-3-21-13-7-4-6-12(14(13)17(19)20)16-9-5-8-15(2,10-16)11-18/h4,6-7,18H,3,5,8-11H2,1-2H3/t15-/m1/s1. The molecule has 6 nitrogen and oxygen atoms in total. The Hall–Kier alpha value is -1.82. The van der Waals surface area contributed by atoms with Gasteiger partial charge in [0.25, 0.3) is 0 Å². The molecule has 0 unspecified atom stereocenters. The molecule has 1 aliphatic heterocycles. The number of benzene rings is 1. The van der Waals surface area contributed by atoms with Crippen molar-refractivity contribution in [2.24, 2.45) is 5.41 Å². The minimum Gasteiger partial charge on any atom is -0.487 e. The highest BCUT2D eigenvalue weighted by Crippen LogP contribution is 2.40. The van der Waals surface area contributed by atoms with Crippen molar-refractivity contribution in [3.63, 3.8) is 0 Å². The van der Waals surface area contributed by atoms with Crippen molar-refractivity contribution in [1.29, 1.82) is 0 Å². The number of rotatable bonds is 5. The summed E-state index contributed by atoms with van der Waals surface area (Å²) in [7, 11) is 0. The van der Waals surface area contributed by atoms with E-state index < -0.39 is 0 Å². The fourth-order valence-corrected chi connectivity index (χ4v) is 2.87. The van der Waals surface area contributed by atoms with E-state index in [-0.39, 0.29) is 22.6 Å². The maximum Gasteiger partial charge on any atom is 0.333 e. The lowest BCUT2D eigenvalue weighted by atomic mass is 9.82. The van der Waals surface area contributed by atoms with Crippen LogP contribution in [0.2, 0.25) is 0 Å². The van der Waals surface area contributed by atoms with Gasteiger partial charge in [0.15, 0.2) is 5.75 Å². The van der Waals surface area contributed by atoms with Crippen LogP contribution in [0, 0.1) is 15.5 Å². The van der Waals surface area contributed by atoms with E-state index in [0.29, 0.717) is 24.6 Å². The lowest BCUT2D eigenvalue weighted by Gasteiger charge is -2.40. The van der Waals surface area contributed by atoms with Gasteiger partial charge in [0.1, 0.15) is 5.69 Å². The zero-order chi connectivity index (χ0) is 15.5. The first-order valence-electron chi connectivity index (χ1n) is 7.27. The van der Waals surface area contributed by atoms with Crippen LogP contribution >= 0.6 is 0 Å². The van der Waals surface area contributed by atoms with Gasteiger partial charge >= 0.3 is 5.69 Å². The number of para-hydroxylation sites is 1. The van der Waals surface area contributed by atoms with Crippen molar-refractivity contribution in [1.82, 2.24) is 0 Å². The molecule has 6 heteroatoms. The number of aliphatic hydroxyl groups is 1. The summed E-state index contributed by atoms with van der Waals surface area (Å²) in [5.74, 6) is 0.302. The van der Waals surface area contributed by atoms with Crippen molar-refractivity contribution in [3.05, 3.63) is 28.3 Å². The Morgan fingerprint density at radius 2 is 2.29 bits per heavy atom. The number of nitro benzene ring substituents is 1. The second-order valence-electron chi connectivity index (χ2n) is 5.81. The van der Waals surface area contributed by atoms with Crippen molar-refractivity contribution in [2.75, 3.05) is 31.2 Å². The molecular formula is C15H22N2O4. The first-order valence-corrected chi connectivity index (χ1v) is 7.27. The molecule has 0 amide bonds. The highest BCUT2D eigenvalue weighted by Gasteiger charge is 2.34. The summed E-state index contributed by atoms with van der Waals surface area (Å²) < 4.78 is 5.39. The van der Waals surface area contributed by atoms with E-state index in [2.05, 4.69) is 0 Å². The Balaban J connectivity index is 2.38. The molecule has 1 aromatic rings. The molecule has 0 spiro atoms. The van der Waals surface area contributed by atoms with Crippen LogP contribution in [0.1, 0.15) is 26.7 Å². The number of anilines is 1. The number of ether oxygens (including phenoxy) is 1. The summed E-state index contributed by atoms with van der Waals surface area (Å²) in [4.78, 5) is 13.0. The van der Waals surface area contributed by atoms with Gasteiger partial charge in [-0.3, -0.25) is 10.1 Å². The summed E-state index contributed by atoms with van der Waals surface area (Å²) >= 11 is 0. The molecule has 0 saturated carbocycles. The monoisotopic (exact) mass is 294 g/mol. The molecule has 0 aliphatic carbocycles. The van der Waals surface area contributed by atoms with Crippen molar-refractivity contribution in [3.8, 4) is 5.75 Å². The van der Waals surface area contributed by atoms with E-state index in [0.717, 1.165) is 19.4 Å². The Kier molecular flexibility index (Phi) is 4.67. The smallest absolute Gasteiger partial charge is 0.333 e. The molecule has 2 rings (SSSR count). The van der Waals surface area contributed by atoms with E-state index in [1.54, 1.807) is 25.1 Å². The number of nitro groups is 1. The number of nitrogens with zero attached hydrogens (tertiary/aromatic N) is 2. The predicted molar refractivity (Wildman–Crippen MR) is 80.9 cm³/mol. The highest BCUT2D eigenvalue weighted by molar-refractivity contribution is 5.70. The van der Waals surface area contributed by atoms with E-state index in [1.165, 1.54) is 0 Å². The summed E-state index contributed by atoms with van der Waals surface area (Å²) in [6, 6.07) is 5.16. The number of hydrogen-bond acceptors (Lipinski definition) is 5. The van der Waals surface area contributed by atoms with Crippen LogP contribution in [0.3, 0.4) is 0 Å². The second kappa shape index (κ2) is 6.30. The SMILES string of the molecule is CCOc1cccc(N2CCC[C@@](C)(CO)C2)c1[N+](=O)[O-]. The Morgan fingerprint density at radius 1 is 1.52 bits per heavy atom. The van der Waals surface area contributed by atoms with Gasteiger partial charge in [-0.2, -0.15) is 0 Å². The van der Waals surface area contributed by atoms with Crippen molar-refractivity contribution < 1.29 is 14.8 Å². The largest absolute Gasteiger partial charge is 0.487 e. The topological polar surface area (TPSA) is 75.8 Å². The molecule has 0 bridgehead atoms. The van der Waals surface area contributed by atoms with E-state index in [9.17, 15) is 15.2 Å². The predicted octanol–water partition coefficient (Wildman–Crippen LogP) is 2.59. The summed E-state index contributed by atoms with van der Waals surface area (Å²) in [6.45, 7) is 5.66. The molecule has 21 heavy (non-hydrogen) atoms. The van der Waals surface area contributed by atoms with Gasteiger partial charge in [-0.1, -0.05) is 13.0 Å². The maximum atomic E-state index is 11.4. The van der Waals surface area contributed by atoms with Gasteiger partial charge < -0.3 is 14.7 Å². The van der Waals surface area contributed by atoms with Gasteiger partial charge in [0, 0.05) is 18.5 Å². The molecule has 1 aromatic carbocycles. The van der Waals surface area contributed by atoms with Crippen LogP contribution in [0.4, 0.5) is 11.4 Å². The van der Waals surface area contributed by atoms with Crippen LogP contribution in [-0.2, 0) is 0 Å². The van der Waals surface area contributed by atoms with Gasteiger partial charge in [0.2, 0.25) is 0 Å². The molecular weight excluding hydrogens is 272 g/mol. The van der Waals surface area contributed by atoms with Crippen molar-refractivity contribution >= 4 is 11.4 Å². The normalized spacial score (nSPS) is 22.1. The minimum atomic E-state index is -0.384. The third-order valence-electron chi connectivity index (χ3n) is 3.96. The Labute approximate surface area is 124 Å². The second-order valence-corrected chi connectivity index (χ2v) is 5.81. The van der Waals surface area contributed by atoms with Crippen LogP contribution in [0.5, 0.6) is 5.75 Å². The van der Waals surface area contributed by atoms with Crippen LogP contribution in [0.15, 0.2) is 18.2 Å². The van der Waals surface area contributed by atoms with Crippen LogP contribution in [0.25, 0.3) is 0 Å². The highest BCUT2D eigenvalue weighted by atomic mass is 16.6. The average Bonchev–Trinajstić information content (AvgIpc) is 2.47. The lowest BCUT2D eigenvalue weighted by molar-refractivity contribution is -0.385. The van der Waals surface area contributed by atoms with Gasteiger partial charge in [0.05, 0.1) is 18.1 Å². The lowest BCUT2D eigenvalue weighted by Crippen LogP contribution is -2.43. The van der Waals surface area contributed by atoms with Gasteiger partial charge in [-0.15, -0.1) is 0 Å². The molecule has 116 valence electrons. The van der Waals surface area contributed by atoms with E-state index in [1.807, 2.05) is 11.8 Å². The fourth-order valence-electron chi connectivity index (χ4n) is 2.87. The van der Waals surface area contributed by atoms with Crippen LogP contribution in [-0.4, -0.2) is 36.3 Å². The molecule has 1 saturated heterocycles. The number of aliphatic hydroxyl groups excluding tert-OH is 1. The molecule has 0 aromatic heterocycles. The third-order valence-corrected chi connectivity index (χ3v) is 3.96.